The third-order valence-corrected chi connectivity index (χ3v) is 0. The molecule has 0 saturated heterocycles. The quantitative estimate of drug-likeness (QED) is 0.331. The molecule has 0 heterocycles. The molecule has 0 fully saturated rings. The molecule has 0 aliphatic carbocycles. The van der Waals surface area contributed by atoms with Gasteiger partial charge in [0.05, 0.1) is 0 Å². The van der Waals surface area contributed by atoms with E-state index in [0.29, 0.717) is 0 Å². The summed E-state index contributed by atoms with van der Waals surface area (Å²) >= 11 is 0. The number of hydrogen-bond acceptors (Lipinski definition) is 1. The normalized spacial score (nSPS) is 0. The van der Waals surface area contributed by atoms with E-state index in [1.165, 1.54) is 0 Å². The van der Waals surface area contributed by atoms with E-state index in [1.807, 2.05) is 0 Å². The summed E-state index contributed by atoms with van der Waals surface area (Å²) in [7, 11) is 0. The van der Waals surface area contributed by atoms with Crippen LogP contribution in [-0.4, -0.2) is 0 Å². The third-order valence-electron chi connectivity index (χ3n) is 0. The number of thiol groups is 1. The van der Waals surface area contributed by atoms with Gasteiger partial charge in [0.15, 0.2) is 0 Å². The van der Waals surface area contributed by atoms with E-state index in [-0.39, 0.29) is 80.9 Å². The Morgan fingerprint density at radius 2 is 1.00 bits per heavy atom. The zero-order chi connectivity index (χ0) is 0. The van der Waals surface area contributed by atoms with Crippen molar-refractivity contribution < 1.29 is 67.4 Å². The predicted octanol–water partition coefficient (Wildman–Crippen LogP) is -0.280. The molecule has 0 rings (SSSR count). The standard InChI is InChI=1S/Co.Cu.Fe.Ni.H2S/h;;;;1H2/p-1. The summed E-state index contributed by atoms with van der Waals surface area (Å²) in [4.78, 5) is 0. The fourth-order valence-electron chi connectivity index (χ4n) is 0. The molecule has 5 heteroatoms. The van der Waals surface area contributed by atoms with Crippen LogP contribution in [0.2, 0.25) is 0 Å². The van der Waals surface area contributed by atoms with Crippen molar-refractivity contribution in [1.82, 2.24) is 0 Å². The van der Waals surface area contributed by atoms with Gasteiger partial charge in [0.2, 0.25) is 0 Å². The van der Waals surface area contributed by atoms with Crippen LogP contribution in [-0.2, 0) is 80.9 Å². The Morgan fingerprint density at radius 1 is 1.00 bits per heavy atom. The monoisotopic (exact) mass is 269 g/mol. The molecule has 0 aromatic heterocycles. The maximum absolute atomic E-state index is 0. The molecule has 0 amide bonds. The average Bonchev–Trinajstić information content (AvgIpc) is 0. The third kappa shape index (κ3) is 21.6. The van der Waals surface area contributed by atoms with E-state index in [2.05, 4.69) is 0 Å². The van der Waals surface area contributed by atoms with Crippen LogP contribution in [0.25, 0.3) is 0 Å². The van der Waals surface area contributed by atoms with Gasteiger partial charge < -0.3 is 13.5 Å². The van der Waals surface area contributed by atoms with Crippen LogP contribution in [0, 0.1) is 0 Å². The molecular weight excluding hydrogens is 269 g/mol. The van der Waals surface area contributed by atoms with E-state index in [9.17, 15) is 0 Å². The van der Waals surface area contributed by atoms with Crippen molar-refractivity contribution in [3.63, 3.8) is 0 Å². The smallest absolute Gasteiger partial charge is 0 e. The van der Waals surface area contributed by atoms with Crippen LogP contribution in [0.1, 0.15) is 0 Å². The molecule has 0 aliphatic heterocycles. The zero-order valence-electron chi connectivity index (χ0n) is 1.75. The van der Waals surface area contributed by atoms with E-state index in [1.54, 1.807) is 0 Å². The minimum absolute atomic E-state index is 0. The van der Waals surface area contributed by atoms with Crippen molar-refractivity contribution >= 4 is 13.5 Å². The Kier molecular flexibility index (Phi) is 344. The van der Waals surface area contributed by atoms with Crippen LogP contribution >= 0.6 is 0 Å². The molecule has 0 spiro atoms. The minimum Gasteiger partial charge on any atom is -0.813 e. The predicted molar refractivity (Wildman–Crippen MR) is 8.76 cm³/mol. The van der Waals surface area contributed by atoms with E-state index in [4.69, 9.17) is 0 Å². The second-order valence-electron chi connectivity index (χ2n) is 0. The number of rotatable bonds is 0. The summed E-state index contributed by atoms with van der Waals surface area (Å²) < 4.78 is 0. The van der Waals surface area contributed by atoms with Gasteiger partial charge in [0.25, 0.3) is 0 Å². The van der Waals surface area contributed by atoms with Gasteiger partial charge in [-0.2, -0.15) is 0 Å². The van der Waals surface area contributed by atoms with Gasteiger partial charge in [-0.25, -0.2) is 0 Å². The van der Waals surface area contributed by atoms with Crippen LogP contribution in [0.3, 0.4) is 0 Å². The van der Waals surface area contributed by atoms with Gasteiger partial charge >= 0.3 is 0 Å². The fourth-order valence-corrected chi connectivity index (χ4v) is 0. The molecule has 0 aromatic rings. The van der Waals surface area contributed by atoms with Crippen molar-refractivity contribution in [2.24, 2.45) is 0 Å². The first-order valence-corrected chi connectivity index (χ1v) is 0. The maximum Gasteiger partial charge on any atom is 0 e. The first-order valence-electron chi connectivity index (χ1n) is 0. The second-order valence-corrected chi connectivity index (χ2v) is 0. The molecule has 0 aliphatic rings. The van der Waals surface area contributed by atoms with Crippen LogP contribution in [0.4, 0.5) is 0 Å². The first kappa shape index (κ1) is 52.8. The average molecular weight is 270 g/mol. The summed E-state index contributed by atoms with van der Waals surface area (Å²) in [6.07, 6.45) is 0. The van der Waals surface area contributed by atoms with Gasteiger partial charge in [-0.05, 0) is 0 Å². The summed E-state index contributed by atoms with van der Waals surface area (Å²) in [6.45, 7) is 0. The molecule has 0 atom stereocenters. The van der Waals surface area contributed by atoms with E-state index >= 15 is 0 Å². The SMILES string of the molecule is [Co].[Cu].[Fe].[Ni].[SH-]. The molecule has 0 N–H and O–H groups in total. The molecule has 0 nitrogen and oxygen atoms in total. The van der Waals surface area contributed by atoms with Gasteiger partial charge in [0, 0.05) is 67.4 Å². The largest absolute Gasteiger partial charge is 0.813 e. The van der Waals surface area contributed by atoms with Crippen molar-refractivity contribution in [2.45, 2.75) is 0 Å². The Balaban J connectivity index is 0. The van der Waals surface area contributed by atoms with E-state index in [0.717, 1.165) is 0 Å². The minimum atomic E-state index is 0. The van der Waals surface area contributed by atoms with Crippen molar-refractivity contribution in [3.8, 4) is 0 Å². The summed E-state index contributed by atoms with van der Waals surface area (Å²) in [5.41, 5.74) is 0. The molecule has 0 saturated carbocycles. The molecule has 5 heavy (non-hydrogen) atoms. The Bertz CT molecular complexity index is 11.6. The van der Waals surface area contributed by atoms with Gasteiger partial charge in [0.1, 0.15) is 0 Å². The van der Waals surface area contributed by atoms with Crippen molar-refractivity contribution in [3.05, 3.63) is 0 Å². The zero-order valence-corrected chi connectivity index (χ0v) is 6.72. The Morgan fingerprint density at radius 3 is 1.00 bits per heavy atom. The van der Waals surface area contributed by atoms with Crippen LogP contribution < -0.4 is 0 Å². The molecule has 0 aromatic carbocycles. The van der Waals surface area contributed by atoms with Gasteiger partial charge in [-0.15, -0.1) is 0 Å². The van der Waals surface area contributed by atoms with E-state index < -0.39 is 0 Å². The van der Waals surface area contributed by atoms with Crippen molar-refractivity contribution in [2.75, 3.05) is 0 Å². The van der Waals surface area contributed by atoms with Crippen molar-refractivity contribution in [1.29, 1.82) is 0 Å². The van der Waals surface area contributed by atoms with Gasteiger partial charge in [-0.3, -0.25) is 0 Å². The summed E-state index contributed by atoms with van der Waals surface area (Å²) in [5.74, 6) is 0. The molecule has 0 bridgehead atoms. The Labute approximate surface area is 80.1 Å². The molecule has 2 radical (unpaired) electrons. The fraction of sp³-hybridized carbons (Fsp3) is 0. The molecular formula is HCoCuFeNiS-. The van der Waals surface area contributed by atoms with Crippen LogP contribution in [0.5, 0.6) is 0 Å². The molecule has 0 unspecified atom stereocenters. The topological polar surface area (TPSA) is 0 Å². The maximum atomic E-state index is 0. The number of hydrogen-bond donors (Lipinski definition) is 0. The second kappa shape index (κ2) is 32.5. The summed E-state index contributed by atoms with van der Waals surface area (Å²) in [6, 6.07) is 0. The molecule has 46 valence electrons. The first-order chi connectivity index (χ1) is 0. The Hall–Kier alpha value is 2.39. The summed E-state index contributed by atoms with van der Waals surface area (Å²) in [5, 5.41) is 0. The van der Waals surface area contributed by atoms with Gasteiger partial charge in [-0.1, -0.05) is 0 Å². The van der Waals surface area contributed by atoms with Crippen LogP contribution in [0.15, 0.2) is 0 Å².